The van der Waals surface area contributed by atoms with Gasteiger partial charge in [-0.05, 0) is 114 Å². The number of nitrogens with one attached hydrogen (secondary N) is 4. The molecular weight excluding hydrogens is 1130 g/mol. The molecule has 0 unspecified atom stereocenters. The summed E-state index contributed by atoms with van der Waals surface area (Å²) in [6, 6.07) is 54.7. The van der Waals surface area contributed by atoms with E-state index in [-0.39, 0.29) is 71.9 Å². The van der Waals surface area contributed by atoms with Crippen molar-refractivity contribution in [3.05, 3.63) is 227 Å². The first-order valence-electron chi connectivity index (χ1n) is 29.5. The standard InChI is InChI=1S/C70H80N4O13Si/c1-70(2,3)87-69(80)73-59(33-22-38-71-67(78)85-48-53-29-18-10-19-30-53)64(75)72-60(66(77)84-47-52-27-16-9-17-28-52)43-57-41-55(34-36-62(57)82-45-50-23-12-7-13-24-50)56-35-37-63(83-46-51-25-14-8-15-26-51)58(42-56)44-61(65(76)81-39-40-88(4,5)6)74-68(79)86-49-54-31-20-11-21-32-54/h7-21,23-32,34-37,41-42,59-61H,22,33,38-40,43-49H2,1-6H3,(H,71,78)(H,72,75)(H,73,80)(H,74,79)/t59-,60+,61-/m0/s1. The summed E-state index contributed by atoms with van der Waals surface area (Å²) < 4.78 is 41.4. The third kappa shape index (κ3) is 23.4. The molecule has 0 aliphatic rings. The van der Waals surface area contributed by atoms with E-state index in [1.807, 2.05) is 176 Å². The molecule has 0 aliphatic heterocycles. The van der Waals surface area contributed by atoms with Crippen LogP contribution in [0.4, 0.5) is 14.4 Å². The zero-order valence-corrected chi connectivity index (χ0v) is 51.9. The van der Waals surface area contributed by atoms with E-state index < -0.39 is 67.9 Å². The van der Waals surface area contributed by atoms with Crippen molar-refractivity contribution in [2.75, 3.05) is 13.2 Å². The van der Waals surface area contributed by atoms with Crippen LogP contribution in [0.25, 0.3) is 11.1 Å². The van der Waals surface area contributed by atoms with E-state index in [0.717, 1.165) is 22.3 Å². The van der Waals surface area contributed by atoms with E-state index in [4.69, 9.17) is 33.2 Å². The average Bonchev–Trinajstić information content (AvgIpc) is 2.65. The van der Waals surface area contributed by atoms with E-state index in [0.29, 0.717) is 45.4 Å². The van der Waals surface area contributed by atoms with Crippen LogP contribution in [0.3, 0.4) is 0 Å². The quantitative estimate of drug-likeness (QED) is 0.0143. The van der Waals surface area contributed by atoms with E-state index in [2.05, 4.69) is 40.9 Å². The van der Waals surface area contributed by atoms with Gasteiger partial charge in [0.15, 0.2) is 0 Å². The van der Waals surface area contributed by atoms with Crippen molar-refractivity contribution in [3.8, 4) is 22.6 Å². The number of carbonyl (C=O) groups is 6. The van der Waals surface area contributed by atoms with Gasteiger partial charge in [-0.1, -0.05) is 183 Å². The van der Waals surface area contributed by atoms with Crippen LogP contribution < -0.4 is 30.7 Å². The maximum absolute atomic E-state index is 14.7. The van der Waals surface area contributed by atoms with E-state index in [1.54, 1.807) is 32.9 Å². The molecule has 7 aromatic rings. The Bertz CT molecular complexity index is 3350. The second kappa shape index (κ2) is 33.5. The van der Waals surface area contributed by atoms with Crippen molar-refractivity contribution in [3.63, 3.8) is 0 Å². The topological polar surface area (TPSA) is 215 Å². The number of hydrogen-bond acceptors (Lipinski definition) is 13. The van der Waals surface area contributed by atoms with E-state index in [1.165, 1.54) is 0 Å². The lowest BCUT2D eigenvalue weighted by Gasteiger charge is -2.25. The van der Waals surface area contributed by atoms with Gasteiger partial charge in [-0.2, -0.15) is 0 Å². The lowest BCUT2D eigenvalue weighted by molar-refractivity contribution is -0.149. The van der Waals surface area contributed by atoms with Crippen molar-refractivity contribution < 1.29 is 61.9 Å². The van der Waals surface area contributed by atoms with Gasteiger partial charge in [0, 0.05) is 27.5 Å². The van der Waals surface area contributed by atoms with Crippen LogP contribution >= 0.6 is 0 Å². The number of benzene rings is 7. The molecule has 0 bridgehead atoms. The van der Waals surface area contributed by atoms with Gasteiger partial charge in [0.25, 0.3) is 0 Å². The summed E-state index contributed by atoms with van der Waals surface area (Å²) in [5, 5.41) is 11.1. The highest BCUT2D eigenvalue weighted by atomic mass is 28.3. The van der Waals surface area contributed by atoms with Crippen LogP contribution in [0.5, 0.6) is 11.5 Å². The first-order chi connectivity index (χ1) is 42.3. The number of ether oxygens (including phenoxy) is 7. The predicted octanol–water partition coefficient (Wildman–Crippen LogP) is 12.6. The van der Waals surface area contributed by atoms with Gasteiger partial charge >= 0.3 is 30.2 Å². The van der Waals surface area contributed by atoms with Gasteiger partial charge < -0.3 is 54.4 Å². The zero-order chi connectivity index (χ0) is 62.7. The highest BCUT2D eigenvalue weighted by molar-refractivity contribution is 6.76. The molecule has 462 valence electrons. The zero-order valence-electron chi connectivity index (χ0n) is 50.9. The highest BCUT2D eigenvalue weighted by Gasteiger charge is 2.32. The van der Waals surface area contributed by atoms with E-state index in [9.17, 15) is 28.8 Å². The molecule has 4 amide bonds. The number of rotatable bonds is 30. The Balaban J connectivity index is 1.22. The largest absolute Gasteiger partial charge is 0.489 e. The summed E-state index contributed by atoms with van der Waals surface area (Å²) >= 11 is 0. The minimum atomic E-state index is -1.62. The summed E-state index contributed by atoms with van der Waals surface area (Å²) in [7, 11) is -1.62. The van der Waals surface area contributed by atoms with Crippen molar-refractivity contribution in [2.45, 2.75) is 129 Å². The van der Waals surface area contributed by atoms with Gasteiger partial charge in [-0.25, -0.2) is 24.0 Å². The second-order valence-corrected chi connectivity index (χ2v) is 28.9. The SMILES string of the molecule is CC(C)(C)OC(=O)N[C@@H](CCCNC(=O)OCc1ccccc1)C(=O)N[C@H](Cc1cc(-c2ccc(OCc3ccccc3)c(C[C@H](NC(=O)OCc3ccccc3)C(=O)OCC[Si](C)(C)C)c2)ccc1OCc1ccccc1)C(=O)OCc1ccccc1. The van der Waals surface area contributed by atoms with Crippen LogP contribution in [0, 0.1) is 0 Å². The molecule has 0 aromatic heterocycles. The molecule has 18 heteroatoms. The smallest absolute Gasteiger partial charge is 0.408 e. The number of carbonyl (C=O) groups excluding carboxylic acids is 6. The van der Waals surface area contributed by atoms with E-state index >= 15 is 0 Å². The third-order valence-electron chi connectivity index (χ3n) is 13.6. The Kier molecular flexibility index (Phi) is 25.1. The van der Waals surface area contributed by atoms with Gasteiger partial charge in [-0.3, -0.25) is 4.79 Å². The molecule has 0 aliphatic carbocycles. The van der Waals surface area contributed by atoms with Crippen molar-refractivity contribution in [1.29, 1.82) is 0 Å². The molecule has 0 fully saturated rings. The van der Waals surface area contributed by atoms with Gasteiger partial charge in [-0.15, -0.1) is 0 Å². The Morgan fingerprint density at radius 1 is 0.443 bits per heavy atom. The molecule has 3 atom stereocenters. The first-order valence-corrected chi connectivity index (χ1v) is 33.2. The third-order valence-corrected chi connectivity index (χ3v) is 15.4. The van der Waals surface area contributed by atoms with Crippen LogP contribution in [0.1, 0.15) is 72.6 Å². The molecule has 0 spiro atoms. The maximum atomic E-state index is 14.7. The van der Waals surface area contributed by atoms with Crippen LogP contribution in [0.15, 0.2) is 188 Å². The summed E-state index contributed by atoms with van der Waals surface area (Å²) in [5.41, 5.74) is 5.55. The van der Waals surface area contributed by atoms with Crippen molar-refractivity contribution >= 4 is 44.2 Å². The molecule has 7 rings (SSSR count). The fourth-order valence-corrected chi connectivity index (χ4v) is 9.69. The maximum Gasteiger partial charge on any atom is 0.408 e. The molecule has 0 saturated carbocycles. The predicted molar refractivity (Wildman–Crippen MR) is 339 cm³/mol. The monoisotopic (exact) mass is 1210 g/mol. The minimum Gasteiger partial charge on any atom is -0.489 e. The Labute approximate surface area is 516 Å². The second-order valence-electron chi connectivity index (χ2n) is 23.3. The number of alkyl carbamates (subject to hydrolysis) is 3. The van der Waals surface area contributed by atoms with Crippen LogP contribution in [-0.4, -0.2) is 81.1 Å². The molecule has 7 aromatic carbocycles. The fraction of sp³-hybridized carbons (Fsp3) is 0.314. The highest BCUT2D eigenvalue weighted by Crippen LogP contribution is 2.33. The molecule has 4 N–H and O–H groups in total. The number of hydrogen-bond donors (Lipinski definition) is 4. The summed E-state index contributed by atoms with van der Waals surface area (Å²) in [6.45, 7) is 12.2. The molecule has 0 saturated heterocycles. The minimum absolute atomic E-state index is 0.0194. The summed E-state index contributed by atoms with van der Waals surface area (Å²) in [6.07, 6.45) is -2.31. The van der Waals surface area contributed by atoms with Crippen molar-refractivity contribution in [2.24, 2.45) is 0 Å². The van der Waals surface area contributed by atoms with Crippen LogP contribution in [-0.2, 0) is 83.9 Å². The molecular formula is C70H80N4O13Si. The summed E-state index contributed by atoms with van der Waals surface area (Å²) in [4.78, 5) is 83.1. The first kappa shape index (κ1) is 66.1. The Morgan fingerprint density at radius 3 is 1.28 bits per heavy atom. The van der Waals surface area contributed by atoms with Gasteiger partial charge in [0.05, 0.1) is 6.61 Å². The fourth-order valence-electron chi connectivity index (χ4n) is 8.97. The van der Waals surface area contributed by atoms with Gasteiger partial charge in [0.2, 0.25) is 5.91 Å². The lowest BCUT2D eigenvalue weighted by Crippen LogP contribution is -2.53. The normalized spacial score (nSPS) is 12.2. The number of amides is 4. The molecule has 88 heavy (non-hydrogen) atoms. The molecule has 17 nitrogen and oxygen atoms in total. The Morgan fingerprint density at radius 2 is 0.841 bits per heavy atom. The van der Waals surface area contributed by atoms with Crippen molar-refractivity contribution in [1.82, 2.24) is 21.3 Å². The molecule has 0 heterocycles. The lowest BCUT2D eigenvalue weighted by atomic mass is 9.95. The molecule has 0 radical (unpaired) electrons. The summed E-state index contributed by atoms with van der Waals surface area (Å²) in [5.74, 6) is -1.27. The van der Waals surface area contributed by atoms with Gasteiger partial charge in [0.1, 0.15) is 68.3 Å². The van der Waals surface area contributed by atoms with Crippen LogP contribution in [0.2, 0.25) is 25.7 Å². The average molecular weight is 1210 g/mol. The Hall–Kier alpha value is -9.42. The number of esters is 2.